The summed E-state index contributed by atoms with van der Waals surface area (Å²) in [6.45, 7) is -0.966. The van der Waals surface area contributed by atoms with Crippen molar-refractivity contribution in [3.8, 4) is 0 Å². The van der Waals surface area contributed by atoms with E-state index < -0.39 is 85.7 Å². The molecule has 4 unspecified atom stereocenters. The number of hydrogen-bond acceptors (Lipinski definition) is 9. The van der Waals surface area contributed by atoms with Crippen LogP contribution in [0.1, 0.15) is 31.4 Å². The molecule has 10 N–H and O–H groups in total. The molecule has 0 aliphatic rings. The lowest BCUT2D eigenvalue weighted by molar-refractivity contribution is -0.144. The standard InChI is InChI=1S/C19H28N6O10/c20-10(5-9-6-21-8-22-9)16(31)23-11(1-3-14(27)28)17(32)24-12(2-4-15(29)30)18(33)25-13(7-26)19(34)35/h6,8,10-13,26H,1-5,7,20H2,(H,21,22)(H,23,31)(H,24,32)(H,25,33)(H,27,28)(H,29,30)(H,34,35). The topological polar surface area (TPSA) is 274 Å². The maximum atomic E-state index is 12.8. The molecular weight excluding hydrogens is 472 g/mol. The van der Waals surface area contributed by atoms with Crippen molar-refractivity contribution in [1.29, 1.82) is 0 Å². The SMILES string of the molecule is NC(Cc1cnc[nH]1)C(=O)NC(CCC(=O)O)C(=O)NC(CCC(=O)O)C(=O)NC(CO)C(=O)O. The van der Waals surface area contributed by atoms with Crippen LogP contribution in [0.15, 0.2) is 12.5 Å². The van der Waals surface area contributed by atoms with E-state index in [0.717, 1.165) is 0 Å². The van der Waals surface area contributed by atoms with Gasteiger partial charge in [-0.25, -0.2) is 9.78 Å². The zero-order valence-electron chi connectivity index (χ0n) is 18.5. The van der Waals surface area contributed by atoms with Crippen LogP contribution < -0.4 is 21.7 Å². The van der Waals surface area contributed by atoms with Crippen LogP contribution in [0, 0.1) is 0 Å². The Kier molecular flexibility index (Phi) is 11.8. The van der Waals surface area contributed by atoms with Crippen molar-refractivity contribution in [2.45, 2.75) is 56.3 Å². The highest BCUT2D eigenvalue weighted by atomic mass is 16.4. The number of aromatic amines is 1. The minimum atomic E-state index is -1.71. The summed E-state index contributed by atoms with van der Waals surface area (Å²) in [5.74, 6) is -7.07. The van der Waals surface area contributed by atoms with Gasteiger partial charge in [0, 0.05) is 31.2 Å². The molecule has 0 saturated heterocycles. The maximum absolute atomic E-state index is 12.8. The first kappa shape index (κ1) is 29.0. The number of carbonyl (C=O) groups is 6. The predicted molar refractivity (Wildman–Crippen MR) is 115 cm³/mol. The van der Waals surface area contributed by atoms with Crippen molar-refractivity contribution in [2.75, 3.05) is 6.61 Å². The Morgan fingerprint density at radius 2 is 1.34 bits per heavy atom. The quantitative estimate of drug-likeness (QED) is 0.107. The van der Waals surface area contributed by atoms with Crippen LogP contribution in [0.25, 0.3) is 0 Å². The second kappa shape index (κ2) is 14.3. The molecule has 16 nitrogen and oxygen atoms in total. The first-order valence-electron chi connectivity index (χ1n) is 10.4. The van der Waals surface area contributed by atoms with Crippen LogP contribution >= 0.6 is 0 Å². The minimum Gasteiger partial charge on any atom is -0.481 e. The number of aromatic nitrogens is 2. The fraction of sp³-hybridized carbons (Fsp3) is 0.526. The summed E-state index contributed by atoms with van der Waals surface area (Å²) in [4.78, 5) is 77.3. The van der Waals surface area contributed by atoms with E-state index in [1.165, 1.54) is 12.5 Å². The van der Waals surface area contributed by atoms with E-state index in [9.17, 15) is 28.8 Å². The first-order chi connectivity index (χ1) is 16.4. The van der Waals surface area contributed by atoms with Crippen molar-refractivity contribution in [1.82, 2.24) is 25.9 Å². The van der Waals surface area contributed by atoms with Gasteiger partial charge in [0.05, 0.1) is 19.0 Å². The number of amides is 3. The molecule has 0 aliphatic heterocycles. The Labute approximate surface area is 198 Å². The van der Waals surface area contributed by atoms with Gasteiger partial charge < -0.3 is 47.1 Å². The number of H-pyrrole nitrogens is 1. The Balaban J connectivity index is 2.97. The average Bonchev–Trinajstić information content (AvgIpc) is 3.29. The van der Waals surface area contributed by atoms with Crippen LogP contribution in [0.3, 0.4) is 0 Å². The molecule has 16 heteroatoms. The minimum absolute atomic E-state index is 0.0283. The lowest BCUT2D eigenvalue weighted by Crippen LogP contribution is -2.57. The van der Waals surface area contributed by atoms with Gasteiger partial charge in [-0.15, -0.1) is 0 Å². The molecule has 3 amide bonds. The molecule has 1 heterocycles. The van der Waals surface area contributed by atoms with Gasteiger partial charge in [-0.1, -0.05) is 0 Å². The monoisotopic (exact) mass is 500 g/mol. The predicted octanol–water partition coefficient (Wildman–Crippen LogP) is -3.46. The molecule has 0 aliphatic carbocycles. The van der Waals surface area contributed by atoms with E-state index in [1.807, 2.05) is 5.32 Å². The Morgan fingerprint density at radius 3 is 1.74 bits per heavy atom. The van der Waals surface area contributed by atoms with E-state index in [0.29, 0.717) is 5.69 Å². The summed E-state index contributed by atoms with van der Waals surface area (Å²) in [5.41, 5.74) is 6.35. The number of hydrogen-bond donors (Lipinski definition) is 9. The van der Waals surface area contributed by atoms with Crippen LogP contribution in [0.5, 0.6) is 0 Å². The van der Waals surface area contributed by atoms with Gasteiger partial charge in [-0.3, -0.25) is 24.0 Å². The number of nitrogens with two attached hydrogens (primary N) is 1. The normalized spacial score (nSPS) is 14.1. The van der Waals surface area contributed by atoms with Gasteiger partial charge >= 0.3 is 17.9 Å². The molecular formula is C19H28N6O10. The fourth-order valence-corrected chi connectivity index (χ4v) is 2.81. The van der Waals surface area contributed by atoms with Crippen LogP contribution in [0.2, 0.25) is 0 Å². The number of rotatable bonds is 16. The number of nitrogens with one attached hydrogen (secondary N) is 4. The summed E-state index contributed by atoms with van der Waals surface area (Å²) in [5, 5.41) is 42.4. The Morgan fingerprint density at radius 1 is 0.857 bits per heavy atom. The molecule has 35 heavy (non-hydrogen) atoms. The van der Waals surface area contributed by atoms with Gasteiger partial charge in [0.2, 0.25) is 17.7 Å². The summed E-state index contributed by atoms with van der Waals surface area (Å²) >= 11 is 0. The third-order valence-electron chi connectivity index (χ3n) is 4.69. The molecule has 1 rings (SSSR count). The molecule has 0 bridgehead atoms. The lowest BCUT2D eigenvalue weighted by atomic mass is 10.1. The van der Waals surface area contributed by atoms with Crippen LogP contribution in [-0.4, -0.2) is 96.8 Å². The molecule has 0 fully saturated rings. The number of nitrogens with zero attached hydrogens (tertiary/aromatic N) is 1. The Hall–Kier alpha value is -4.05. The van der Waals surface area contributed by atoms with Gasteiger partial charge in [0.1, 0.15) is 18.1 Å². The van der Waals surface area contributed by atoms with E-state index in [1.54, 1.807) is 0 Å². The number of aliphatic carboxylic acids is 3. The third-order valence-corrected chi connectivity index (χ3v) is 4.69. The number of aliphatic hydroxyl groups is 1. The molecule has 0 saturated carbocycles. The molecule has 0 aromatic carbocycles. The number of carbonyl (C=O) groups excluding carboxylic acids is 3. The van der Waals surface area contributed by atoms with E-state index in [4.69, 9.17) is 26.2 Å². The number of imidazole rings is 1. The average molecular weight is 500 g/mol. The van der Waals surface area contributed by atoms with Crippen LogP contribution in [0.4, 0.5) is 0 Å². The zero-order valence-corrected chi connectivity index (χ0v) is 18.5. The second-order valence-electron chi connectivity index (χ2n) is 7.46. The van der Waals surface area contributed by atoms with Gasteiger partial charge in [0.25, 0.3) is 0 Å². The van der Waals surface area contributed by atoms with Crippen molar-refractivity contribution in [3.05, 3.63) is 18.2 Å². The van der Waals surface area contributed by atoms with Gasteiger partial charge in [-0.2, -0.15) is 0 Å². The summed E-state index contributed by atoms with van der Waals surface area (Å²) < 4.78 is 0. The van der Waals surface area contributed by atoms with Gasteiger partial charge in [0.15, 0.2) is 0 Å². The van der Waals surface area contributed by atoms with E-state index >= 15 is 0 Å². The van der Waals surface area contributed by atoms with Crippen LogP contribution in [-0.2, 0) is 35.2 Å². The molecule has 4 atom stereocenters. The molecule has 0 spiro atoms. The smallest absolute Gasteiger partial charge is 0.328 e. The highest BCUT2D eigenvalue weighted by molar-refractivity contribution is 5.94. The summed E-state index contributed by atoms with van der Waals surface area (Å²) in [7, 11) is 0. The second-order valence-corrected chi connectivity index (χ2v) is 7.46. The van der Waals surface area contributed by atoms with E-state index in [2.05, 4.69) is 20.6 Å². The fourth-order valence-electron chi connectivity index (χ4n) is 2.81. The molecule has 1 aromatic heterocycles. The van der Waals surface area contributed by atoms with Crippen molar-refractivity contribution in [3.63, 3.8) is 0 Å². The third kappa shape index (κ3) is 10.6. The molecule has 194 valence electrons. The van der Waals surface area contributed by atoms with E-state index in [-0.39, 0.29) is 12.8 Å². The van der Waals surface area contributed by atoms with Crippen molar-refractivity contribution >= 4 is 35.6 Å². The number of aliphatic hydroxyl groups excluding tert-OH is 1. The molecule has 0 radical (unpaired) electrons. The van der Waals surface area contributed by atoms with Gasteiger partial charge in [-0.05, 0) is 12.8 Å². The summed E-state index contributed by atoms with van der Waals surface area (Å²) in [6, 6.07) is -5.87. The lowest BCUT2D eigenvalue weighted by Gasteiger charge is -2.24. The highest BCUT2D eigenvalue weighted by Gasteiger charge is 2.30. The largest absolute Gasteiger partial charge is 0.481 e. The number of carboxylic acid groups (broad SMARTS) is 3. The first-order valence-corrected chi connectivity index (χ1v) is 10.4. The number of carboxylic acids is 3. The Bertz CT molecular complexity index is 906. The molecule has 1 aromatic rings. The maximum Gasteiger partial charge on any atom is 0.328 e. The highest BCUT2D eigenvalue weighted by Crippen LogP contribution is 2.05. The summed E-state index contributed by atoms with van der Waals surface area (Å²) in [6.07, 6.45) is 0.874. The zero-order chi connectivity index (χ0) is 26.5. The van der Waals surface area contributed by atoms with Crippen molar-refractivity contribution < 1.29 is 49.2 Å². The van der Waals surface area contributed by atoms with Crippen molar-refractivity contribution in [2.24, 2.45) is 5.73 Å².